The van der Waals surface area contributed by atoms with E-state index < -0.39 is 0 Å². The average Bonchev–Trinajstić information content (AvgIpc) is 2.47. The number of halogens is 1. The van der Waals surface area contributed by atoms with Crippen LogP contribution in [-0.4, -0.2) is 13.2 Å². The third kappa shape index (κ3) is 4.23. The molecule has 0 saturated heterocycles. The number of hydrogen-bond acceptors (Lipinski definition) is 2. The quantitative estimate of drug-likeness (QED) is 0.747. The minimum absolute atomic E-state index is 0.437. The van der Waals surface area contributed by atoms with Gasteiger partial charge < -0.3 is 10.1 Å². The highest BCUT2D eigenvalue weighted by atomic mass is 79.9. The first kappa shape index (κ1) is 15.8. The van der Waals surface area contributed by atoms with E-state index in [9.17, 15) is 0 Å². The molecule has 0 bridgehead atoms. The summed E-state index contributed by atoms with van der Waals surface area (Å²) in [7, 11) is 0. The van der Waals surface area contributed by atoms with Gasteiger partial charge in [0.15, 0.2) is 0 Å². The lowest BCUT2D eigenvalue weighted by atomic mass is 9.96. The summed E-state index contributed by atoms with van der Waals surface area (Å²) in [5.41, 5.74) is 1.30. The number of rotatable bonds is 7. The van der Waals surface area contributed by atoms with Crippen molar-refractivity contribution in [2.75, 3.05) is 13.2 Å². The summed E-state index contributed by atoms with van der Waals surface area (Å²) in [6.45, 7) is 6.51. The van der Waals surface area contributed by atoms with E-state index in [1.165, 1.54) is 31.2 Å². The average molecular weight is 340 g/mol. The number of hydrogen-bond donors (Lipinski definition) is 1. The summed E-state index contributed by atoms with van der Waals surface area (Å²) in [5, 5.41) is 3.76. The van der Waals surface area contributed by atoms with Crippen LogP contribution in [0, 0.1) is 5.92 Å². The van der Waals surface area contributed by atoms with E-state index in [0.717, 1.165) is 35.7 Å². The lowest BCUT2D eigenvalue weighted by Gasteiger charge is -2.28. The molecule has 2 rings (SSSR count). The molecule has 2 atom stereocenters. The Morgan fingerprint density at radius 2 is 2.25 bits per heavy atom. The number of fused-ring (bicyclic) bond motifs is 1. The molecule has 0 aromatic heterocycles. The minimum Gasteiger partial charge on any atom is -0.493 e. The van der Waals surface area contributed by atoms with Crippen molar-refractivity contribution >= 4 is 15.9 Å². The van der Waals surface area contributed by atoms with Crippen molar-refractivity contribution in [2.45, 2.75) is 52.0 Å². The van der Waals surface area contributed by atoms with Crippen molar-refractivity contribution in [3.05, 3.63) is 28.2 Å². The zero-order valence-corrected chi connectivity index (χ0v) is 14.2. The Morgan fingerprint density at radius 3 is 3.00 bits per heavy atom. The van der Waals surface area contributed by atoms with E-state index in [1.807, 2.05) is 0 Å². The van der Waals surface area contributed by atoms with Crippen LogP contribution in [0.25, 0.3) is 0 Å². The summed E-state index contributed by atoms with van der Waals surface area (Å²) >= 11 is 3.56. The smallest absolute Gasteiger partial charge is 0.124 e. The maximum absolute atomic E-state index is 5.75. The molecule has 0 aliphatic carbocycles. The van der Waals surface area contributed by atoms with Crippen LogP contribution in [0.5, 0.6) is 5.75 Å². The van der Waals surface area contributed by atoms with Crippen LogP contribution in [0.3, 0.4) is 0 Å². The minimum atomic E-state index is 0.437. The van der Waals surface area contributed by atoms with Crippen LogP contribution in [0.1, 0.15) is 57.6 Å². The van der Waals surface area contributed by atoms with E-state index in [1.54, 1.807) is 0 Å². The molecule has 1 aliphatic rings. The van der Waals surface area contributed by atoms with Crippen LogP contribution in [0.15, 0.2) is 22.7 Å². The van der Waals surface area contributed by atoms with Gasteiger partial charge in [-0.25, -0.2) is 0 Å². The Labute approximate surface area is 131 Å². The van der Waals surface area contributed by atoms with Crippen LogP contribution < -0.4 is 10.1 Å². The van der Waals surface area contributed by atoms with Gasteiger partial charge in [-0.05, 0) is 37.1 Å². The van der Waals surface area contributed by atoms with Gasteiger partial charge in [-0.3, -0.25) is 0 Å². The first-order chi connectivity index (χ1) is 9.74. The fourth-order valence-corrected chi connectivity index (χ4v) is 3.21. The molecular weight excluding hydrogens is 314 g/mol. The second-order valence-electron chi connectivity index (χ2n) is 5.70. The van der Waals surface area contributed by atoms with Gasteiger partial charge in [0, 0.05) is 22.5 Å². The summed E-state index contributed by atoms with van der Waals surface area (Å²) in [6.07, 6.45) is 6.31. The number of benzene rings is 1. The standard InChI is InChI=1S/C17H26BrNO/c1-3-5-6-13(4-2)12-19-16-9-10-20-17-8-7-14(18)11-15(16)17/h7-8,11,13,16,19H,3-6,9-10,12H2,1-2H3. The Kier molecular flexibility index (Phi) is 6.37. The summed E-state index contributed by atoms with van der Waals surface area (Å²) in [4.78, 5) is 0. The van der Waals surface area contributed by atoms with Crippen molar-refractivity contribution in [2.24, 2.45) is 5.92 Å². The number of unbranched alkanes of at least 4 members (excludes halogenated alkanes) is 1. The largest absolute Gasteiger partial charge is 0.493 e. The second-order valence-corrected chi connectivity index (χ2v) is 6.61. The van der Waals surface area contributed by atoms with E-state index in [2.05, 4.69) is 53.3 Å². The lowest BCUT2D eigenvalue weighted by molar-refractivity contribution is 0.246. The molecule has 0 amide bonds. The molecule has 0 spiro atoms. The SMILES string of the molecule is CCCCC(CC)CNC1CCOc2ccc(Br)cc21. The molecule has 0 radical (unpaired) electrons. The predicted molar refractivity (Wildman–Crippen MR) is 88.3 cm³/mol. The molecule has 112 valence electrons. The van der Waals surface area contributed by atoms with E-state index >= 15 is 0 Å². The molecule has 2 nitrogen and oxygen atoms in total. The Morgan fingerprint density at radius 1 is 1.40 bits per heavy atom. The van der Waals surface area contributed by atoms with Crippen LogP contribution >= 0.6 is 15.9 Å². The summed E-state index contributed by atoms with van der Waals surface area (Å²) in [5.74, 6) is 1.84. The number of nitrogens with one attached hydrogen (secondary N) is 1. The van der Waals surface area contributed by atoms with Crippen LogP contribution in [0.4, 0.5) is 0 Å². The van der Waals surface area contributed by atoms with Gasteiger partial charge in [0.2, 0.25) is 0 Å². The van der Waals surface area contributed by atoms with Crippen molar-refractivity contribution in [3.63, 3.8) is 0 Å². The molecule has 0 saturated carbocycles. The van der Waals surface area contributed by atoms with Gasteiger partial charge in [0.25, 0.3) is 0 Å². The van der Waals surface area contributed by atoms with Crippen molar-refractivity contribution in [1.29, 1.82) is 0 Å². The van der Waals surface area contributed by atoms with Crippen molar-refractivity contribution in [1.82, 2.24) is 5.32 Å². The third-order valence-electron chi connectivity index (χ3n) is 4.21. The fraction of sp³-hybridized carbons (Fsp3) is 0.647. The summed E-state index contributed by atoms with van der Waals surface area (Å²) in [6, 6.07) is 6.75. The zero-order valence-electron chi connectivity index (χ0n) is 12.6. The Bertz CT molecular complexity index is 421. The molecule has 20 heavy (non-hydrogen) atoms. The normalized spacial score (nSPS) is 19.2. The second kappa shape index (κ2) is 8.04. The van der Waals surface area contributed by atoms with Crippen molar-refractivity contribution < 1.29 is 4.74 Å². The molecule has 1 aromatic rings. The maximum atomic E-state index is 5.75. The van der Waals surface area contributed by atoms with Gasteiger partial charge >= 0.3 is 0 Å². The van der Waals surface area contributed by atoms with E-state index in [-0.39, 0.29) is 0 Å². The van der Waals surface area contributed by atoms with Crippen molar-refractivity contribution in [3.8, 4) is 5.75 Å². The molecule has 1 aliphatic heterocycles. The van der Waals surface area contributed by atoms with Gasteiger partial charge in [-0.2, -0.15) is 0 Å². The lowest BCUT2D eigenvalue weighted by Crippen LogP contribution is -2.31. The van der Waals surface area contributed by atoms with Gasteiger partial charge in [0.1, 0.15) is 5.75 Å². The molecule has 0 fully saturated rings. The Hall–Kier alpha value is -0.540. The molecule has 1 N–H and O–H groups in total. The highest BCUT2D eigenvalue weighted by Crippen LogP contribution is 2.34. The third-order valence-corrected chi connectivity index (χ3v) is 4.70. The highest BCUT2D eigenvalue weighted by Gasteiger charge is 2.22. The molecule has 1 heterocycles. The van der Waals surface area contributed by atoms with E-state index in [4.69, 9.17) is 4.74 Å². The predicted octanol–water partition coefficient (Wildman–Crippen LogP) is 5.08. The van der Waals surface area contributed by atoms with E-state index in [0.29, 0.717) is 6.04 Å². The van der Waals surface area contributed by atoms with Crippen LogP contribution in [-0.2, 0) is 0 Å². The first-order valence-corrected chi connectivity index (χ1v) is 8.69. The number of ether oxygens (including phenoxy) is 1. The molecular formula is C17H26BrNO. The maximum Gasteiger partial charge on any atom is 0.124 e. The van der Waals surface area contributed by atoms with Gasteiger partial charge in [-0.15, -0.1) is 0 Å². The molecule has 2 unspecified atom stereocenters. The summed E-state index contributed by atoms with van der Waals surface area (Å²) < 4.78 is 6.88. The first-order valence-electron chi connectivity index (χ1n) is 7.90. The van der Waals surface area contributed by atoms with Gasteiger partial charge in [0.05, 0.1) is 6.61 Å². The highest BCUT2D eigenvalue weighted by molar-refractivity contribution is 9.10. The topological polar surface area (TPSA) is 21.3 Å². The molecule has 1 aromatic carbocycles. The molecule has 3 heteroatoms. The van der Waals surface area contributed by atoms with Crippen LogP contribution in [0.2, 0.25) is 0 Å². The van der Waals surface area contributed by atoms with Gasteiger partial charge in [-0.1, -0.05) is 49.0 Å². The fourth-order valence-electron chi connectivity index (χ4n) is 2.83. The Balaban J connectivity index is 1.95. The zero-order chi connectivity index (χ0) is 14.4. The monoisotopic (exact) mass is 339 g/mol.